The molecule has 0 N–H and O–H groups in total. The summed E-state index contributed by atoms with van der Waals surface area (Å²) in [6.07, 6.45) is 11.0. The van der Waals surface area contributed by atoms with Crippen LogP contribution >= 0.6 is 0 Å². The molecule has 0 radical (unpaired) electrons. The Labute approximate surface area is 196 Å². The van der Waals surface area contributed by atoms with Crippen LogP contribution < -0.4 is 4.90 Å². The van der Waals surface area contributed by atoms with Crippen molar-refractivity contribution in [3.63, 3.8) is 0 Å². The molecule has 0 saturated carbocycles. The summed E-state index contributed by atoms with van der Waals surface area (Å²) >= 11 is 0. The molecule has 0 aliphatic carbocycles. The summed E-state index contributed by atoms with van der Waals surface area (Å²) in [5, 5.41) is 0. The quantitative estimate of drug-likeness (QED) is 0.602. The summed E-state index contributed by atoms with van der Waals surface area (Å²) in [7, 11) is 0. The Bertz CT molecular complexity index is 989. The average Bonchev–Trinajstić information content (AvgIpc) is 3.37. The lowest BCUT2D eigenvalue weighted by molar-refractivity contribution is 0.187. The highest BCUT2D eigenvalue weighted by Gasteiger charge is 2.30. The molecule has 5 heteroatoms. The molecular formula is C28H34FN3O. The summed E-state index contributed by atoms with van der Waals surface area (Å²) in [6, 6.07) is 13.5. The number of likely N-dealkylation sites (tertiary alicyclic amines) is 2. The van der Waals surface area contributed by atoms with Crippen molar-refractivity contribution >= 4 is 17.8 Å². The van der Waals surface area contributed by atoms with Gasteiger partial charge in [0, 0.05) is 31.9 Å². The molecule has 3 aliphatic rings. The number of anilines is 1. The van der Waals surface area contributed by atoms with Crippen molar-refractivity contribution in [3.8, 4) is 0 Å². The fourth-order valence-electron chi connectivity index (χ4n) is 5.53. The van der Waals surface area contributed by atoms with Gasteiger partial charge in [-0.25, -0.2) is 9.18 Å². The van der Waals surface area contributed by atoms with Gasteiger partial charge in [-0.15, -0.1) is 0 Å². The predicted molar refractivity (Wildman–Crippen MR) is 132 cm³/mol. The highest BCUT2D eigenvalue weighted by atomic mass is 19.1. The second-order valence-corrected chi connectivity index (χ2v) is 9.65. The molecule has 2 aromatic rings. The van der Waals surface area contributed by atoms with Crippen molar-refractivity contribution in [2.45, 2.75) is 44.4 Å². The van der Waals surface area contributed by atoms with E-state index in [1.807, 2.05) is 21.9 Å². The number of carbonyl (C=O) groups is 1. The second kappa shape index (κ2) is 10.1. The largest absolute Gasteiger partial charge is 0.324 e. The van der Waals surface area contributed by atoms with Crippen molar-refractivity contribution in [2.24, 2.45) is 0 Å². The molecule has 0 bridgehead atoms. The lowest BCUT2D eigenvalue weighted by Crippen LogP contribution is -2.48. The molecule has 0 aromatic heterocycles. The maximum absolute atomic E-state index is 13.4. The molecule has 0 spiro atoms. The van der Waals surface area contributed by atoms with Gasteiger partial charge in [-0.05, 0) is 98.5 Å². The zero-order valence-electron chi connectivity index (χ0n) is 19.4. The topological polar surface area (TPSA) is 26.8 Å². The summed E-state index contributed by atoms with van der Waals surface area (Å²) in [4.78, 5) is 19.9. The third-order valence-electron chi connectivity index (χ3n) is 7.43. The zero-order valence-corrected chi connectivity index (χ0v) is 19.4. The summed E-state index contributed by atoms with van der Waals surface area (Å²) < 4.78 is 13.2. The van der Waals surface area contributed by atoms with Crippen LogP contribution in [0, 0.1) is 5.82 Å². The number of urea groups is 1. The molecule has 0 unspecified atom stereocenters. The van der Waals surface area contributed by atoms with Crippen LogP contribution in [0.15, 0.2) is 48.5 Å². The Kier molecular flexibility index (Phi) is 6.77. The van der Waals surface area contributed by atoms with Crippen molar-refractivity contribution < 1.29 is 9.18 Å². The minimum absolute atomic E-state index is 0.130. The Morgan fingerprint density at radius 3 is 2.45 bits per heavy atom. The van der Waals surface area contributed by atoms with Gasteiger partial charge in [-0.3, -0.25) is 9.80 Å². The number of aryl methyl sites for hydroxylation is 1. The number of fused-ring (bicyclic) bond motifs is 1. The van der Waals surface area contributed by atoms with Crippen LogP contribution in [0.5, 0.6) is 0 Å². The fourth-order valence-corrected chi connectivity index (χ4v) is 5.53. The third-order valence-corrected chi connectivity index (χ3v) is 7.43. The first-order valence-corrected chi connectivity index (χ1v) is 12.5. The third kappa shape index (κ3) is 5.14. The second-order valence-electron chi connectivity index (χ2n) is 9.65. The van der Waals surface area contributed by atoms with Gasteiger partial charge >= 0.3 is 6.03 Å². The van der Waals surface area contributed by atoms with Crippen LogP contribution in [0.4, 0.5) is 14.9 Å². The Morgan fingerprint density at radius 1 is 0.939 bits per heavy atom. The first-order chi connectivity index (χ1) is 16.2. The molecule has 2 aromatic carbocycles. The van der Waals surface area contributed by atoms with Gasteiger partial charge < -0.3 is 4.90 Å². The SMILES string of the molecule is O=C(N1CCC(c2ccc(F)cc2)CC1)N1CCCc2cc(C=CCN3CCCC3)ccc21. The number of amides is 2. The Morgan fingerprint density at radius 2 is 1.70 bits per heavy atom. The van der Waals surface area contributed by atoms with E-state index in [1.54, 1.807) is 0 Å². The summed E-state index contributed by atoms with van der Waals surface area (Å²) in [5.74, 6) is 0.207. The molecular weight excluding hydrogens is 413 g/mol. The van der Waals surface area contributed by atoms with Gasteiger partial charge in [-0.1, -0.05) is 30.4 Å². The van der Waals surface area contributed by atoms with E-state index in [0.717, 1.165) is 57.5 Å². The van der Waals surface area contributed by atoms with Crippen LogP contribution in [0.1, 0.15) is 54.7 Å². The van der Waals surface area contributed by atoms with Crippen LogP contribution in [0.3, 0.4) is 0 Å². The number of rotatable bonds is 4. The Hall–Kier alpha value is -2.66. The minimum atomic E-state index is -0.194. The van der Waals surface area contributed by atoms with Gasteiger partial charge in [0.25, 0.3) is 0 Å². The van der Waals surface area contributed by atoms with Crippen molar-refractivity contribution in [2.75, 3.05) is 44.2 Å². The number of hydrogen-bond acceptors (Lipinski definition) is 2. The molecule has 2 saturated heterocycles. The first-order valence-electron chi connectivity index (χ1n) is 12.5. The van der Waals surface area contributed by atoms with E-state index >= 15 is 0 Å². The molecule has 2 amide bonds. The van der Waals surface area contributed by atoms with Crippen LogP contribution in [0.2, 0.25) is 0 Å². The first kappa shape index (κ1) is 22.1. The van der Waals surface area contributed by atoms with E-state index in [9.17, 15) is 9.18 Å². The lowest BCUT2D eigenvalue weighted by atomic mass is 9.89. The van der Waals surface area contributed by atoms with Crippen LogP contribution in [-0.2, 0) is 6.42 Å². The average molecular weight is 448 g/mol. The highest BCUT2D eigenvalue weighted by Crippen LogP contribution is 2.32. The van der Waals surface area contributed by atoms with Gasteiger partial charge in [0.15, 0.2) is 0 Å². The molecule has 0 atom stereocenters. The van der Waals surface area contributed by atoms with Crippen molar-refractivity contribution in [1.29, 1.82) is 0 Å². The van der Waals surface area contributed by atoms with E-state index in [2.05, 4.69) is 35.3 Å². The lowest BCUT2D eigenvalue weighted by Gasteiger charge is -2.38. The van der Waals surface area contributed by atoms with Crippen molar-refractivity contribution in [1.82, 2.24) is 9.80 Å². The smallest absolute Gasteiger partial charge is 0.324 e. The standard InChI is InChI=1S/C28H34FN3O/c29-26-10-8-23(9-11-26)24-13-19-31(20-14-24)28(33)32-18-4-6-25-21-22(7-12-27(25)32)5-3-17-30-15-1-2-16-30/h3,5,7-12,21,24H,1-2,4,6,13-20H2. The summed E-state index contributed by atoms with van der Waals surface area (Å²) in [6.45, 7) is 5.75. The fraction of sp³-hybridized carbons (Fsp3) is 0.464. The maximum atomic E-state index is 13.4. The predicted octanol–water partition coefficient (Wildman–Crippen LogP) is 5.69. The number of piperidine rings is 1. The van der Waals surface area contributed by atoms with Crippen LogP contribution in [-0.4, -0.2) is 55.1 Å². The molecule has 5 rings (SSSR count). The molecule has 3 heterocycles. The van der Waals surface area contributed by atoms with E-state index in [-0.39, 0.29) is 11.8 Å². The maximum Gasteiger partial charge on any atom is 0.324 e. The number of hydrogen-bond donors (Lipinski definition) is 0. The van der Waals surface area contributed by atoms with Crippen molar-refractivity contribution in [3.05, 3.63) is 71.0 Å². The zero-order chi connectivity index (χ0) is 22.6. The molecule has 33 heavy (non-hydrogen) atoms. The Balaban J connectivity index is 1.21. The number of halogens is 1. The number of nitrogens with zero attached hydrogens (tertiary/aromatic N) is 3. The molecule has 3 aliphatic heterocycles. The van der Waals surface area contributed by atoms with Gasteiger partial charge in [0.1, 0.15) is 5.82 Å². The van der Waals surface area contributed by atoms with E-state index in [0.29, 0.717) is 5.92 Å². The number of benzene rings is 2. The molecule has 174 valence electrons. The van der Waals surface area contributed by atoms with E-state index in [1.165, 1.54) is 54.8 Å². The van der Waals surface area contributed by atoms with Gasteiger partial charge in [0.05, 0.1) is 0 Å². The highest BCUT2D eigenvalue weighted by molar-refractivity contribution is 5.93. The molecule has 4 nitrogen and oxygen atoms in total. The summed E-state index contributed by atoms with van der Waals surface area (Å²) in [5.41, 5.74) is 4.75. The number of carbonyl (C=O) groups excluding carboxylic acids is 1. The van der Waals surface area contributed by atoms with E-state index in [4.69, 9.17) is 0 Å². The van der Waals surface area contributed by atoms with Crippen LogP contribution in [0.25, 0.3) is 6.08 Å². The minimum Gasteiger partial charge on any atom is -0.324 e. The van der Waals surface area contributed by atoms with Gasteiger partial charge in [-0.2, -0.15) is 0 Å². The van der Waals surface area contributed by atoms with E-state index < -0.39 is 0 Å². The normalized spacial score (nSPS) is 19.9. The van der Waals surface area contributed by atoms with Gasteiger partial charge in [0.2, 0.25) is 0 Å². The monoisotopic (exact) mass is 447 g/mol. The molecule has 2 fully saturated rings.